The third-order valence-corrected chi connectivity index (χ3v) is 4.34. The van der Waals surface area contributed by atoms with E-state index in [2.05, 4.69) is 36.2 Å². The molecule has 0 spiro atoms. The van der Waals surface area contributed by atoms with Gasteiger partial charge in [0.2, 0.25) is 4.73 Å². The second-order valence-corrected chi connectivity index (χ2v) is 6.30. The van der Waals surface area contributed by atoms with E-state index in [0.29, 0.717) is 27.4 Å². The van der Waals surface area contributed by atoms with Gasteiger partial charge < -0.3 is 10.1 Å². The fourth-order valence-corrected chi connectivity index (χ4v) is 3.17. The molecule has 3 aromatic rings. The molecule has 6 nitrogen and oxygen atoms in total. The second kappa shape index (κ2) is 6.45. The van der Waals surface area contributed by atoms with E-state index in [9.17, 15) is 4.39 Å². The van der Waals surface area contributed by atoms with E-state index in [1.165, 1.54) is 6.07 Å². The number of hydrogen-bond acceptors (Lipinski definition) is 5. The summed E-state index contributed by atoms with van der Waals surface area (Å²) < 4.78 is 22.0. The summed E-state index contributed by atoms with van der Waals surface area (Å²) in [7, 11) is 0. The lowest BCUT2D eigenvalue weighted by molar-refractivity contribution is -0.0298. The summed E-state index contributed by atoms with van der Waals surface area (Å²) in [4.78, 5) is 13.1. The van der Waals surface area contributed by atoms with Gasteiger partial charge in [-0.25, -0.2) is 19.3 Å². The minimum atomic E-state index is -0.351. The van der Waals surface area contributed by atoms with Gasteiger partial charge in [0, 0.05) is 6.61 Å². The van der Waals surface area contributed by atoms with Gasteiger partial charge in [0.1, 0.15) is 12.0 Å². The molecular formula is C16H15BrFN5O. The zero-order valence-corrected chi connectivity index (χ0v) is 14.3. The van der Waals surface area contributed by atoms with Gasteiger partial charge in [0.15, 0.2) is 17.0 Å². The van der Waals surface area contributed by atoms with Crippen molar-refractivity contribution in [2.24, 2.45) is 0 Å². The first-order valence-electron chi connectivity index (χ1n) is 7.75. The Labute approximate surface area is 146 Å². The van der Waals surface area contributed by atoms with Crippen LogP contribution in [-0.2, 0) is 4.74 Å². The molecule has 1 aliphatic heterocycles. The predicted octanol–water partition coefficient (Wildman–Crippen LogP) is 4.17. The molecule has 3 heterocycles. The third-order valence-electron chi connectivity index (χ3n) is 3.99. The minimum absolute atomic E-state index is 0.0770. The van der Waals surface area contributed by atoms with Crippen molar-refractivity contribution >= 4 is 38.6 Å². The van der Waals surface area contributed by atoms with E-state index in [-0.39, 0.29) is 12.0 Å². The molecule has 4 rings (SSSR count). The zero-order chi connectivity index (χ0) is 16.5. The first-order chi connectivity index (χ1) is 11.7. The Hall–Kier alpha value is -2.06. The monoisotopic (exact) mass is 391 g/mol. The van der Waals surface area contributed by atoms with Crippen LogP contribution in [0.25, 0.3) is 11.2 Å². The summed E-state index contributed by atoms with van der Waals surface area (Å²) in [6.07, 6.45) is 4.72. The molecule has 1 atom stereocenters. The van der Waals surface area contributed by atoms with Crippen molar-refractivity contribution in [3.8, 4) is 0 Å². The van der Waals surface area contributed by atoms with Crippen LogP contribution in [-0.4, -0.2) is 26.1 Å². The molecule has 1 aliphatic rings. The summed E-state index contributed by atoms with van der Waals surface area (Å²) >= 11 is 3.32. The molecule has 24 heavy (non-hydrogen) atoms. The summed E-state index contributed by atoms with van der Waals surface area (Å²) in [6, 6.07) is 6.44. The summed E-state index contributed by atoms with van der Waals surface area (Å²) in [6.45, 7) is 0.733. The molecule has 0 aliphatic carbocycles. The summed E-state index contributed by atoms with van der Waals surface area (Å²) in [5.41, 5.74) is 1.58. The fraction of sp³-hybridized carbons (Fsp3) is 0.312. The molecule has 0 saturated carbocycles. The highest BCUT2D eigenvalue weighted by molar-refractivity contribution is 9.10. The van der Waals surface area contributed by atoms with Crippen LogP contribution in [0.3, 0.4) is 0 Å². The number of hydrogen-bond donors (Lipinski definition) is 1. The van der Waals surface area contributed by atoms with Crippen molar-refractivity contribution in [3.63, 3.8) is 0 Å². The maximum atomic E-state index is 13.9. The Morgan fingerprint density at radius 3 is 2.92 bits per heavy atom. The average Bonchev–Trinajstić information content (AvgIpc) is 3.01. The number of anilines is 2. The van der Waals surface area contributed by atoms with Crippen molar-refractivity contribution in [1.82, 2.24) is 19.5 Å². The van der Waals surface area contributed by atoms with Crippen LogP contribution in [0.4, 0.5) is 15.9 Å². The minimum Gasteiger partial charge on any atom is -0.358 e. The maximum absolute atomic E-state index is 13.9. The summed E-state index contributed by atoms with van der Waals surface area (Å²) in [5, 5.41) is 3.00. The maximum Gasteiger partial charge on any atom is 0.200 e. The predicted molar refractivity (Wildman–Crippen MR) is 91.5 cm³/mol. The topological polar surface area (TPSA) is 64.9 Å². The lowest BCUT2D eigenvalue weighted by atomic mass is 10.2. The van der Waals surface area contributed by atoms with Crippen LogP contribution in [0.2, 0.25) is 0 Å². The molecule has 1 aromatic carbocycles. The van der Waals surface area contributed by atoms with Gasteiger partial charge >= 0.3 is 0 Å². The highest BCUT2D eigenvalue weighted by Gasteiger charge is 2.21. The standard InChI is InChI=1S/C16H15BrFN5O/c17-16-21-14(20-11-6-2-1-5-10(11)18)13-15(22-16)23(9-19-13)12-7-3-4-8-24-12/h1-2,5-6,9,12H,3-4,7-8H2,(H,20,21,22). The van der Waals surface area contributed by atoms with Crippen LogP contribution in [0.15, 0.2) is 35.3 Å². The average molecular weight is 392 g/mol. The number of nitrogens with zero attached hydrogens (tertiary/aromatic N) is 4. The number of imidazole rings is 1. The van der Waals surface area contributed by atoms with Gasteiger partial charge in [-0.05, 0) is 47.3 Å². The first kappa shape index (κ1) is 15.5. The Bertz CT molecular complexity index is 878. The molecule has 1 saturated heterocycles. The molecule has 1 fully saturated rings. The SMILES string of the molecule is Fc1ccccc1Nc1nc(Br)nc2c1ncn2C1CCCCO1. The van der Waals surface area contributed by atoms with E-state index < -0.39 is 0 Å². The van der Waals surface area contributed by atoms with Gasteiger partial charge in [-0.15, -0.1) is 0 Å². The van der Waals surface area contributed by atoms with Gasteiger partial charge in [-0.1, -0.05) is 12.1 Å². The van der Waals surface area contributed by atoms with Crippen LogP contribution in [0, 0.1) is 5.82 Å². The van der Waals surface area contributed by atoms with E-state index in [1.807, 2.05) is 4.57 Å². The molecule has 1 unspecified atom stereocenters. The molecule has 0 bridgehead atoms. The van der Waals surface area contributed by atoms with Gasteiger partial charge in [0.25, 0.3) is 0 Å². The molecule has 0 amide bonds. The number of nitrogens with one attached hydrogen (secondary N) is 1. The zero-order valence-electron chi connectivity index (χ0n) is 12.7. The number of halogens is 2. The Balaban J connectivity index is 1.76. The van der Waals surface area contributed by atoms with E-state index >= 15 is 0 Å². The van der Waals surface area contributed by atoms with E-state index in [4.69, 9.17) is 4.74 Å². The lowest BCUT2D eigenvalue weighted by Gasteiger charge is -2.23. The van der Waals surface area contributed by atoms with Crippen LogP contribution in [0.1, 0.15) is 25.5 Å². The fourth-order valence-electron chi connectivity index (χ4n) is 2.82. The molecule has 8 heteroatoms. The van der Waals surface area contributed by atoms with Gasteiger partial charge in [-0.2, -0.15) is 0 Å². The highest BCUT2D eigenvalue weighted by Crippen LogP contribution is 2.30. The van der Waals surface area contributed by atoms with Crippen molar-refractivity contribution in [1.29, 1.82) is 0 Å². The lowest BCUT2D eigenvalue weighted by Crippen LogP contribution is -2.17. The van der Waals surface area contributed by atoms with Crippen molar-refractivity contribution in [2.75, 3.05) is 11.9 Å². The quantitative estimate of drug-likeness (QED) is 0.678. The van der Waals surface area contributed by atoms with Crippen LogP contribution >= 0.6 is 15.9 Å². The van der Waals surface area contributed by atoms with Gasteiger partial charge in [-0.3, -0.25) is 4.57 Å². The highest BCUT2D eigenvalue weighted by atomic mass is 79.9. The molecule has 0 radical (unpaired) electrons. The van der Waals surface area contributed by atoms with Crippen LogP contribution < -0.4 is 5.32 Å². The number of ether oxygens (including phenoxy) is 1. The van der Waals surface area contributed by atoms with Crippen molar-refractivity contribution in [2.45, 2.75) is 25.5 Å². The number of para-hydroxylation sites is 1. The van der Waals surface area contributed by atoms with Crippen molar-refractivity contribution in [3.05, 3.63) is 41.1 Å². The van der Waals surface area contributed by atoms with E-state index in [0.717, 1.165) is 25.9 Å². The number of aromatic nitrogens is 4. The molecular weight excluding hydrogens is 377 g/mol. The number of fused-ring (bicyclic) bond motifs is 1. The third kappa shape index (κ3) is 2.87. The van der Waals surface area contributed by atoms with Crippen molar-refractivity contribution < 1.29 is 9.13 Å². The Kier molecular flexibility index (Phi) is 4.15. The Morgan fingerprint density at radius 1 is 1.25 bits per heavy atom. The molecule has 1 N–H and O–H groups in total. The molecule has 124 valence electrons. The van der Waals surface area contributed by atoms with Crippen LogP contribution in [0.5, 0.6) is 0 Å². The normalized spacial score (nSPS) is 18.0. The second-order valence-electron chi connectivity index (χ2n) is 5.59. The molecule has 2 aromatic heterocycles. The van der Waals surface area contributed by atoms with Gasteiger partial charge in [0.05, 0.1) is 12.0 Å². The Morgan fingerprint density at radius 2 is 2.12 bits per heavy atom. The smallest absolute Gasteiger partial charge is 0.200 e. The number of benzene rings is 1. The number of rotatable bonds is 3. The first-order valence-corrected chi connectivity index (χ1v) is 8.55. The summed E-state index contributed by atoms with van der Waals surface area (Å²) in [5.74, 6) is 0.0990. The van der Waals surface area contributed by atoms with E-state index in [1.54, 1.807) is 24.5 Å². The largest absolute Gasteiger partial charge is 0.358 e.